The summed E-state index contributed by atoms with van der Waals surface area (Å²) in [5, 5.41) is 8.04. The highest BCUT2D eigenvalue weighted by atomic mass is 16.5. The fourth-order valence-corrected chi connectivity index (χ4v) is 6.24. The second-order valence-electron chi connectivity index (χ2n) is 12.0. The highest BCUT2D eigenvalue weighted by Gasteiger charge is 2.35. The summed E-state index contributed by atoms with van der Waals surface area (Å²) in [6.45, 7) is 2.73. The van der Waals surface area contributed by atoms with Gasteiger partial charge in [0, 0.05) is 25.6 Å². The first-order valence-electron chi connectivity index (χ1n) is 15.5. The number of ketones is 1. The molecule has 5 rings (SSSR count). The Bertz CT molecular complexity index is 1560. The van der Waals surface area contributed by atoms with Crippen LogP contribution in [0.3, 0.4) is 0 Å². The summed E-state index contributed by atoms with van der Waals surface area (Å²) in [5.41, 5.74) is 1.94. The van der Waals surface area contributed by atoms with Gasteiger partial charge in [-0.05, 0) is 48.8 Å². The number of rotatable bonds is 13. The zero-order valence-corrected chi connectivity index (χ0v) is 25.6. The molecule has 12 nitrogen and oxygen atoms in total. The van der Waals surface area contributed by atoms with Gasteiger partial charge in [-0.15, -0.1) is 0 Å². The van der Waals surface area contributed by atoms with Gasteiger partial charge in [0.15, 0.2) is 5.82 Å². The lowest BCUT2D eigenvalue weighted by Gasteiger charge is -2.27. The van der Waals surface area contributed by atoms with E-state index in [1.807, 2.05) is 30.3 Å². The van der Waals surface area contributed by atoms with Gasteiger partial charge in [0.2, 0.25) is 17.6 Å². The molecule has 2 aliphatic rings. The average Bonchev–Trinajstić information content (AvgIpc) is 3.78. The number of carbonyl (C=O) groups is 5. The van der Waals surface area contributed by atoms with Crippen LogP contribution in [0.2, 0.25) is 0 Å². The summed E-state index contributed by atoms with van der Waals surface area (Å²) in [4.78, 5) is 75.0. The fourth-order valence-electron chi connectivity index (χ4n) is 6.24. The molecule has 0 spiro atoms. The molecule has 238 valence electrons. The van der Waals surface area contributed by atoms with Crippen molar-refractivity contribution in [2.24, 2.45) is 17.8 Å². The van der Waals surface area contributed by atoms with Crippen molar-refractivity contribution < 1.29 is 28.7 Å². The number of nitrogens with one attached hydrogen (secondary N) is 4. The first kappa shape index (κ1) is 31.7. The quantitative estimate of drug-likeness (QED) is 0.214. The first-order valence-corrected chi connectivity index (χ1v) is 15.5. The number of hydrogen-bond acceptors (Lipinski definition) is 7. The van der Waals surface area contributed by atoms with Gasteiger partial charge in [-0.1, -0.05) is 56.2 Å². The van der Waals surface area contributed by atoms with E-state index < -0.39 is 35.5 Å². The molecule has 2 fully saturated rings. The van der Waals surface area contributed by atoms with Crippen LogP contribution >= 0.6 is 0 Å². The molecule has 1 saturated heterocycles. The number of imidazole rings is 1. The van der Waals surface area contributed by atoms with Crippen molar-refractivity contribution in [3.8, 4) is 5.75 Å². The summed E-state index contributed by atoms with van der Waals surface area (Å²) in [6, 6.07) is 13.2. The van der Waals surface area contributed by atoms with E-state index in [-0.39, 0.29) is 37.2 Å². The second kappa shape index (κ2) is 14.4. The van der Waals surface area contributed by atoms with Crippen molar-refractivity contribution in [1.29, 1.82) is 0 Å². The van der Waals surface area contributed by atoms with Gasteiger partial charge in [0.1, 0.15) is 11.3 Å². The molecule has 0 bridgehead atoms. The van der Waals surface area contributed by atoms with Gasteiger partial charge in [-0.25, -0.2) is 4.98 Å². The molecule has 4 N–H and O–H groups in total. The molecule has 1 saturated carbocycles. The standard InChI is InChI=1S/C33H40N6O6/c1-20-8-6-11-23(20)18-39(33(44)30-37-24-12-7-13-26(45-2)28(24)38-30)19-27(40)36-25(16-22-14-15-34-31(22)42)29(41)32(43)35-17-21-9-4-3-5-10-21/h3-5,7,9-10,12-13,20,22-23,25H,6,8,11,14-19H2,1-2H3,(H,34,42)(H,35,43)(H,36,40)(H,37,38)/t20?,22-,23-,25-/m0/s1. The van der Waals surface area contributed by atoms with E-state index in [9.17, 15) is 24.0 Å². The molecule has 12 heteroatoms. The van der Waals surface area contributed by atoms with Gasteiger partial charge < -0.3 is 30.6 Å². The van der Waals surface area contributed by atoms with Crippen LogP contribution in [0.4, 0.5) is 0 Å². The largest absolute Gasteiger partial charge is 0.494 e. The lowest BCUT2D eigenvalue weighted by atomic mass is 9.95. The summed E-state index contributed by atoms with van der Waals surface area (Å²) in [7, 11) is 1.53. The Balaban J connectivity index is 1.33. The number of hydrogen-bond donors (Lipinski definition) is 4. The van der Waals surface area contributed by atoms with E-state index in [0.717, 1.165) is 24.8 Å². The summed E-state index contributed by atoms with van der Waals surface area (Å²) >= 11 is 0. The summed E-state index contributed by atoms with van der Waals surface area (Å²) in [6.07, 6.45) is 3.48. The van der Waals surface area contributed by atoms with Crippen molar-refractivity contribution in [3.63, 3.8) is 0 Å². The highest BCUT2D eigenvalue weighted by Crippen LogP contribution is 2.32. The average molecular weight is 617 g/mol. The van der Waals surface area contributed by atoms with Crippen LogP contribution in [0.15, 0.2) is 48.5 Å². The van der Waals surface area contributed by atoms with Crippen LogP contribution < -0.4 is 20.7 Å². The second-order valence-corrected chi connectivity index (χ2v) is 12.0. The molecular weight excluding hydrogens is 576 g/mol. The maximum Gasteiger partial charge on any atom is 0.290 e. The van der Waals surface area contributed by atoms with E-state index in [4.69, 9.17) is 4.74 Å². The number of carbonyl (C=O) groups excluding carboxylic acids is 5. The van der Waals surface area contributed by atoms with Crippen LogP contribution in [0, 0.1) is 17.8 Å². The van der Waals surface area contributed by atoms with E-state index in [0.29, 0.717) is 42.2 Å². The minimum absolute atomic E-state index is 0.0217. The van der Waals surface area contributed by atoms with Crippen molar-refractivity contribution in [1.82, 2.24) is 30.8 Å². The van der Waals surface area contributed by atoms with Crippen LogP contribution in [-0.2, 0) is 25.7 Å². The summed E-state index contributed by atoms with van der Waals surface area (Å²) < 4.78 is 5.39. The van der Waals surface area contributed by atoms with E-state index in [1.54, 1.807) is 18.2 Å². The molecule has 1 unspecified atom stereocenters. The normalized spacial score (nSPS) is 20.0. The number of benzene rings is 2. The number of nitrogens with zero attached hydrogens (tertiary/aromatic N) is 2. The Kier molecular flexibility index (Phi) is 10.1. The molecule has 0 radical (unpaired) electrons. The van der Waals surface area contributed by atoms with Crippen LogP contribution in [0.5, 0.6) is 5.75 Å². The number of aromatic nitrogens is 2. The van der Waals surface area contributed by atoms with Crippen molar-refractivity contribution >= 4 is 40.4 Å². The monoisotopic (exact) mass is 616 g/mol. The third-order valence-corrected chi connectivity index (χ3v) is 8.87. The van der Waals surface area contributed by atoms with Crippen LogP contribution in [0.25, 0.3) is 11.0 Å². The number of aromatic amines is 1. The third-order valence-electron chi connectivity index (χ3n) is 8.87. The molecule has 3 aromatic rings. The molecule has 1 aliphatic carbocycles. The Hall–Kier alpha value is -4.74. The number of Topliss-reactive ketones (excluding diaryl/α,β-unsaturated/α-hetero) is 1. The highest BCUT2D eigenvalue weighted by molar-refractivity contribution is 6.38. The van der Waals surface area contributed by atoms with E-state index >= 15 is 0 Å². The number of methoxy groups -OCH3 is 1. The number of fused-ring (bicyclic) bond motifs is 1. The van der Waals surface area contributed by atoms with Gasteiger partial charge in [0.05, 0.1) is 25.2 Å². The summed E-state index contributed by atoms with van der Waals surface area (Å²) in [5.74, 6) is -2.34. The van der Waals surface area contributed by atoms with Gasteiger partial charge in [-0.2, -0.15) is 0 Å². The van der Waals surface area contributed by atoms with Gasteiger partial charge >= 0.3 is 0 Å². The molecule has 1 aromatic heterocycles. The van der Waals surface area contributed by atoms with Crippen molar-refractivity contribution in [2.45, 2.75) is 51.6 Å². The number of amides is 4. The predicted octanol–water partition coefficient (Wildman–Crippen LogP) is 2.35. The van der Waals surface area contributed by atoms with Gasteiger partial charge in [0.25, 0.3) is 11.8 Å². The lowest BCUT2D eigenvalue weighted by Crippen LogP contribution is -2.52. The fraction of sp³-hybridized carbons (Fsp3) is 0.455. The molecule has 4 amide bonds. The SMILES string of the molecule is COc1cccc2[nH]c(C(=O)N(CC(=O)N[C@@H](C[C@@H]3CCNC3=O)C(=O)C(=O)NCc3ccccc3)C[C@@H]3CCCC3C)nc12. The van der Waals surface area contributed by atoms with Crippen LogP contribution in [-0.4, -0.2) is 77.1 Å². The third kappa shape index (κ3) is 7.68. The molecular formula is C33H40N6O6. The minimum atomic E-state index is -1.24. The van der Waals surface area contributed by atoms with E-state index in [2.05, 4.69) is 32.8 Å². The zero-order valence-electron chi connectivity index (χ0n) is 25.6. The topological polar surface area (TPSA) is 163 Å². The van der Waals surface area contributed by atoms with Crippen molar-refractivity contribution in [2.75, 3.05) is 26.7 Å². The van der Waals surface area contributed by atoms with E-state index in [1.165, 1.54) is 12.0 Å². The molecule has 1 aliphatic heterocycles. The zero-order chi connectivity index (χ0) is 31.9. The molecule has 2 heterocycles. The van der Waals surface area contributed by atoms with Crippen molar-refractivity contribution in [3.05, 3.63) is 59.9 Å². The number of H-pyrrole nitrogens is 1. The van der Waals surface area contributed by atoms with Crippen LogP contribution in [0.1, 0.15) is 55.2 Å². The molecule has 45 heavy (non-hydrogen) atoms. The molecule has 2 aromatic carbocycles. The maximum atomic E-state index is 13.8. The Morgan fingerprint density at radius 3 is 2.56 bits per heavy atom. The maximum absolute atomic E-state index is 13.8. The minimum Gasteiger partial charge on any atom is -0.494 e. The van der Waals surface area contributed by atoms with Gasteiger partial charge in [-0.3, -0.25) is 24.0 Å². The Morgan fingerprint density at radius 2 is 1.87 bits per heavy atom. The number of ether oxygens (including phenoxy) is 1. The smallest absolute Gasteiger partial charge is 0.290 e. The Labute approximate surface area is 261 Å². The predicted molar refractivity (Wildman–Crippen MR) is 166 cm³/mol. The molecule has 4 atom stereocenters. The Morgan fingerprint density at radius 1 is 1.07 bits per heavy atom. The lowest BCUT2D eigenvalue weighted by molar-refractivity contribution is -0.140. The first-order chi connectivity index (χ1) is 21.7. The number of para-hydroxylation sites is 1.